The molecule has 1 aromatic carbocycles. The van der Waals surface area contributed by atoms with Crippen molar-refractivity contribution in [3.8, 4) is 0 Å². The van der Waals surface area contributed by atoms with Crippen LogP contribution in [0.1, 0.15) is 65.9 Å². The highest BCUT2D eigenvalue weighted by Crippen LogP contribution is 2.72. The van der Waals surface area contributed by atoms with Crippen LogP contribution in [0.2, 0.25) is 37.8 Å². The average Bonchev–Trinajstić information content (AvgIpc) is 3.45. The van der Waals surface area contributed by atoms with E-state index in [-0.39, 0.29) is 21.8 Å². The van der Waals surface area contributed by atoms with E-state index in [0.717, 1.165) is 25.7 Å². The molecule has 3 heterocycles. The van der Waals surface area contributed by atoms with Crippen LogP contribution in [0.25, 0.3) is 6.08 Å². The summed E-state index contributed by atoms with van der Waals surface area (Å²) in [5.74, 6) is 1.66. The van der Waals surface area contributed by atoms with Gasteiger partial charge < -0.3 is 18.3 Å². The second-order valence-electron chi connectivity index (χ2n) is 16.3. The molecule has 9 atom stereocenters. The number of hydrogen-bond acceptors (Lipinski definition) is 4. The third kappa shape index (κ3) is 4.42. The fourth-order valence-electron chi connectivity index (χ4n) is 8.82. The van der Waals surface area contributed by atoms with Gasteiger partial charge in [0.1, 0.15) is 0 Å². The molecule has 6 heteroatoms. The second-order valence-corrected chi connectivity index (χ2v) is 25.5. The molecule has 0 radical (unpaired) electrons. The zero-order valence-corrected chi connectivity index (χ0v) is 28.1. The van der Waals surface area contributed by atoms with Crippen LogP contribution in [0.3, 0.4) is 0 Å². The van der Waals surface area contributed by atoms with Gasteiger partial charge in [-0.2, -0.15) is 0 Å². The lowest BCUT2D eigenvalue weighted by atomic mass is 9.60. The molecular formula is C33H52O4Si2. The third-order valence-corrected chi connectivity index (χ3v) is 16.8. The summed E-state index contributed by atoms with van der Waals surface area (Å²) in [5, 5.41) is 0.161. The third-order valence-electron chi connectivity index (χ3n) is 11.4. The zero-order chi connectivity index (χ0) is 28.2. The maximum Gasteiger partial charge on any atom is 0.192 e. The molecule has 1 aromatic rings. The largest absolute Gasteiger partial charge is 0.414 e. The summed E-state index contributed by atoms with van der Waals surface area (Å²) in [7, 11) is -3.89. The molecule has 2 aliphatic carbocycles. The number of rotatable bonds is 6. The fourth-order valence-corrected chi connectivity index (χ4v) is 11.3. The summed E-state index contributed by atoms with van der Waals surface area (Å²) in [6, 6.07) is 10.9. The predicted molar refractivity (Wildman–Crippen MR) is 164 cm³/mol. The Labute approximate surface area is 239 Å². The summed E-state index contributed by atoms with van der Waals surface area (Å²) in [5.41, 5.74) is 1.89. The minimum absolute atomic E-state index is 0.161. The van der Waals surface area contributed by atoms with E-state index in [2.05, 4.69) is 104 Å². The Morgan fingerprint density at radius 2 is 1.72 bits per heavy atom. The second kappa shape index (κ2) is 8.87. The van der Waals surface area contributed by atoms with Crippen molar-refractivity contribution in [1.82, 2.24) is 0 Å². The van der Waals surface area contributed by atoms with Crippen molar-refractivity contribution in [2.45, 2.75) is 127 Å². The van der Waals surface area contributed by atoms with Gasteiger partial charge in [0.15, 0.2) is 16.6 Å². The summed E-state index contributed by atoms with van der Waals surface area (Å²) < 4.78 is 28.7. The van der Waals surface area contributed by atoms with Gasteiger partial charge >= 0.3 is 0 Å². The van der Waals surface area contributed by atoms with Gasteiger partial charge in [-0.15, -0.1) is 0 Å². The Hall–Kier alpha value is -0.766. The SMILES string of the molecule is C[C@@H]1C[C@H]2[C@]34O[C@@](CO[Si](C)(C)C(C)(C)C)(C[C@H]3[C@H]3O[C@H]3C[C@H]4C)C[C@]2(O[Si](C)(C)C)/C1=C\c1ccccc1. The molecule has 5 fully saturated rings. The Kier molecular flexibility index (Phi) is 6.45. The van der Waals surface area contributed by atoms with Gasteiger partial charge in [-0.1, -0.05) is 71.0 Å². The number of epoxide rings is 1. The molecular weight excluding hydrogens is 517 g/mol. The van der Waals surface area contributed by atoms with Crippen molar-refractivity contribution in [2.75, 3.05) is 6.61 Å². The molecule has 0 aromatic heterocycles. The first-order valence-electron chi connectivity index (χ1n) is 15.5. The first-order chi connectivity index (χ1) is 18.0. The lowest BCUT2D eigenvalue weighted by molar-refractivity contribution is -0.257. The topological polar surface area (TPSA) is 40.2 Å². The van der Waals surface area contributed by atoms with Crippen LogP contribution >= 0.6 is 0 Å². The van der Waals surface area contributed by atoms with E-state index in [1.165, 1.54) is 11.1 Å². The first kappa shape index (κ1) is 28.4. The van der Waals surface area contributed by atoms with Gasteiger partial charge in [0.2, 0.25) is 0 Å². The molecule has 0 unspecified atom stereocenters. The number of fused-ring (bicyclic) bond motifs is 4. The Balaban J connectivity index is 1.50. The van der Waals surface area contributed by atoms with Crippen molar-refractivity contribution in [1.29, 1.82) is 0 Å². The van der Waals surface area contributed by atoms with Gasteiger partial charge in [0, 0.05) is 18.3 Å². The zero-order valence-electron chi connectivity index (χ0n) is 26.1. The molecule has 2 bridgehead atoms. The van der Waals surface area contributed by atoms with Gasteiger partial charge in [0.05, 0.1) is 35.6 Å². The number of ether oxygens (including phenoxy) is 2. The summed E-state index contributed by atoms with van der Waals surface area (Å²) >= 11 is 0. The van der Waals surface area contributed by atoms with E-state index in [0.29, 0.717) is 42.5 Å². The highest BCUT2D eigenvalue weighted by molar-refractivity contribution is 6.74. The van der Waals surface area contributed by atoms with E-state index < -0.39 is 16.6 Å². The first-order valence-corrected chi connectivity index (χ1v) is 21.8. The minimum Gasteiger partial charge on any atom is -0.414 e. The van der Waals surface area contributed by atoms with Crippen LogP contribution in [0, 0.1) is 23.7 Å². The molecule has 39 heavy (non-hydrogen) atoms. The van der Waals surface area contributed by atoms with E-state index in [1.54, 1.807) is 0 Å². The molecule has 0 amide bonds. The molecule has 4 nitrogen and oxygen atoms in total. The Bertz CT molecular complexity index is 1140. The smallest absolute Gasteiger partial charge is 0.192 e. The van der Waals surface area contributed by atoms with Crippen LogP contribution in [0.4, 0.5) is 0 Å². The summed E-state index contributed by atoms with van der Waals surface area (Å²) in [6.07, 6.45) is 7.40. The lowest BCUT2D eigenvalue weighted by Gasteiger charge is -2.59. The van der Waals surface area contributed by atoms with Crippen molar-refractivity contribution in [3.05, 3.63) is 41.5 Å². The number of hydrogen-bond donors (Lipinski definition) is 0. The van der Waals surface area contributed by atoms with Gasteiger partial charge in [0.25, 0.3) is 0 Å². The van der Waals surface area contributed by atoms with E-state index >= 15 is 0 Å². The van der Waals surface area contributed by atoms with Crippen molar-refractivity contribution in [2.24, 2.45) is 23.7 Å². The predicted octanol–water partition coefficient (Wildman–Crippen LogP) is 8.06. The average molecular weight is 569 g/mol. The van der Waals surface area contributed by atoms with Crippen molar-refractivity contribution >= 4 is 22.7 Å². The molecule has 3 aliphatic heterocycles. The molecule has 6 rings (SSSR count). The van der Waals surface area contributed by atoms with E-state index in [4.69, 9.17) is 18.3 Å². The Morgan fingerprint density at radius 1 is 1.03 bits per heavy atom. The highest BCUT2D eigenvalue weighted by atomic mass is 28.4. The summed E-state index contributed by atoms with van der Waals surface area (Å²) in [6.45, 7) is 24.4. The lowest BCUT2D eigenvalue weighted by Crippen LogP contribution is -2.67. The fraction of sp³-hybridized carbons (Fsp3) is 0.758. The quantitative estimate of drug-likeness (QED) is 0.257. The summed E-state index contributed by atoms with van der Waals surface area (Å²) in [4.78, 5) is 0. The molecule has 2 saturated carbocycles. The standard InChI is InChI=1S/C33H52O4Si2/c1-22-16-28-32(37-38(6,7)8,25(22)18-24-14-12-11-13-15-24)20-31(21-34-39(9,10)30(3,4)5)19-26-29-27(35-29)17-23(2)33(26,28)36-31/h11-15,18,22-23,26-29H,16-17,19-21H2,1-10H3/b25-18-/t22-,23-,26+,27+,28-,29-,31+,32+,33-/m1/s1. The molecule has 3 saturated heterocycles. The van der Waals surface area contributed by atoms with Gasteiger partial charge in [-0.05, 0) is 80.0 Å². The van der Waals surface area contributed by atoms with Crippen molar-refractivity contribution in [3.63, 3.8) is 0 Å². The van der Waals surface area contributed by atoms with Crippen LogP contribution in [0.15, 0.2) is 35.9 Å². The minimum atomic E-state index is -1.96. The van der Waals surface area contributed by atoms with Crippen LogP contribution < -0.4 is 0 Å². The van der Waals surface area contributed by atoms with Crippen LogP contribution in [0.5, 0.6) is 0 Å². The van der Waals surface area contributed by atoms with E-state index in [9.17, 15) is 0 Å². The molecule has 0 N–H and O–H groups in total. The normalized spacial score (nSPS) is 44.2. The van der Waals surface area contributed by atoms with Gasteiger partial charge in [-0.3, -0.25) is 0 Å². The maximum atomic E-state index is 7.62. The number of benzene rings is 1. The van der Waals surface area contributed by atoms with Crippen LogP contribution in [-0.4, -0.2) is 52.3 Å². The molecule has 216 valence electrons. The highest BCUT2D eigenvalue weighted by Gasteiger charge is 2.79. The van der Waals surface area contributed by atoms with Gasteiger partial charge in [-0.25, -0.2) is 0 Å². The van der Waals surface area contributed by atoms with Crippen LogP contribution in [-0.2, 0) is 18.3 Å². The Morgan fingerprint density at radius 3 is 2.36 bits per heavy atom. The van der Waals surface area contributed by atoms with Crippen molar-refractivity contribution < 1.29 is 18.3 Å². The molecule has 1 spiro atoms. The monoisotopic (exact) mass is 568 g/mol. The van der Waals surface area contributed by atoms with E-state index in [1.807, 2.05) is 0 Å². The molecule has 5 aliphatic rings. The maximum absolute atomic E-state index is 7.62.